The van der Waals surface area contributed by atoms with Gasteiger partial charge in [0.15, 0.2) is 18.1 Å². The van der Waals surface area contributed by atoms with Gasteiger partial charge in [-0.2, -0.15) is 0 Å². The summed E-state index contributed by atoms with van der Waals surface area (Å²) in [5.41, 5.74) is 0.533. The molecule has 0 bridgehead atoms. The molecule has 0 heterocycles. The van der Waals surface area contributed by atoms with Crippen LogP contribution in [-0.2, 0) is 4.79 Å². The Labute approximate surface area is 137 Å². The van der Waals surface area contributed by atoms with Crippen LogP contribution in [0.25, 0.3) is 0 Å². The maximum absolute atomic E-state index is 11.9. The summed E-state index contributed by atoms with van der Waals surface area (Å²) in [7, 11) is 1.44. The average molecular weight is 330 g/mol. The molecule has 124 valence electrons. The van der Waals surface area contributed by atoms with E-state index in [1.54, 1.807) is 12.1 Å². The molecule has 0 aliphatic rings. The molecule has 0 saturated heterocycles. The first-order valence-electron chi connectivity index (χ1n) is 6.84. The number of anilines is 1. The van der Waals surface area contributed by atoms with Gasteiger partial charge in [-0.05, 0) is 24.3 Å². The second kappa shape index (κ2) is 7.73. The molecule has 0 spiro atoms. The molecule has 2 aromatic carbocycles. The molecule has 0 fully saturated rings. The van der Waals surface area contributed by atoms with E-state index in [4.69, 9.17) is 9.47 Å². The van der Waals surface area contributed by atoms with Crippen molar-refractivity contribution in [2.45, 2.75) is 0 Å². The van der Waals surface area contributed by atoms with Gasteiger partial charge in [0.05, 0.1) is 12.0 Å². The lowest BCUT2D eigenvalue weighted by molar-refractivity contribution is -0.384. The highest BCUT2D eigenvalue weighted by molar-refractivity contribution is 5.92. The number of nitro groups is 1. The number of hydrogen-bond acceptors (Lipinski definition) is 6. The van der Waals surface area contributed by atoms with Crippen molar-refractivity contribution in [1.82, 2.24) is 0 Å². The monoisotopic (exact) mass is 330 g/mol. The second-order valence-electron chi connectivity index (χ2n) is 4.67. The van der Waals surface area contributed by atoms with Crippen LogP contribution in [0.5, 0.6) is 11.5 Å². The fourth-order valence-electron chi connectivity index (χ4n) is 1.92. The molecule has 8 heteroatoms. The topological polar surface area (TPSA) is 108 Å². The number of carbonyl (C=O) groups is 2. The van der Waals surface area contributed by atoms with Crippen molar-refractivity contribution >= 4 is 23.6 Å². The molecule has 0 saturated carbocycles. The normalized spacial score (nSPS) is 9.88. The Morgan fingerprint density at radius 2 is 2.04 bits per heavy atom. The van der Waals surface area contributed by atoms with Gasteiger partial charge in [-0.1, -0.05) is 6.07 Å². The summed E-state index contributed by atoms with van der Waals surface area (Å²) in [6.45, 7) is -0.346. The van der Waals surface area contributed by atoms with Gasteiger partial charge in [-0.15, -0.1) is 0 Å². The van der Waals surface area contributed by atoms with Crippen LogP contribution in [-0.4, -0.2) is 30.8 Å². The lowest BCUT2D eigenvalue weighted by atomic mass is 10.2. The van der Waals surface area contributed by atoms with E-state index in [-0.39, 0.29) is 23.7 Å². The third kappa shape index (κ3) is 4.29. The summed E-state index contributed by atoms with van der Waals surface area (Å²) in [5.74, 6) is 0.120. The van der Waals surface area contributed by atoms with E-state index in [0.29, 0.717) is 17.6 Å². The summed E-state index contributed by atoms with van der Waals surface area (Å²) in [6, 6.07) is 10.1. The molecule has 2 rings (SSSR count). The Balaban J connectivity index is 2.02. The predicted molar refractivity (Wildman–Crippen MR) is 85.6 cm³/mol. The number of ether oxygens (including phenoxy) is 2. The molecule has 0 atom stereocenters. The second-order valence-corrected chi connectivity index (χ2v) is 4.67. The maximum atomic E-state index is 11.9. The van der Waals surface area contributed by atoms with Crippen LogP contribution in [0.15, 0.2) is 42.5 Å². The number of nitrogens with zero attached hydrogens (tertiary/aromatic N) is 1. The first-order chi connectivity index (χ1) is 11.5. The number of amides is 1. The molecule has 0 radical (unpaired) electrons. The Kier molecular flexibility index (Phi) is 5.45. The van der Waals surface area contributed by atoms with E-state index in [1.807, 2.05) is 0 Å². The standard InChI is InChI=1S/C16H14N2O6/c1-23-14-6-5-11(9-19)7-15(14)24-10-16(20)17-12-3-2-4-13(8-12)18(21)22/h2-9H,10H2,1H3,(H,17,20). The lowest BCUT2D eigenvalue weighted by Crippen LogP contribution is -2.20. The van der Waals surface area contributed by atoms with Crippen LogP contribution in [0.4, 0.5) is 11.4 Å². The van der Waals surface area contributed by atoms with Gasteiger partial charge < -0.3 is 14.8 Å². The quantitative estimate of drug-likeness (QED) is 0.474. The summed E-state index contributed by atoms with van der Waals surface area (Å²) < 4.78 is 10.4. The summed E-state index contributed by atoms with van der Waals surface area (Å²) in [4.78, 5) is 32.9. The van der Waals surface area contributed by atoms with E-state index in [0.717, 1.165) is 0 Å². The highest BCUT2D eigenvalue weighted by Crippen LogP contribution is 2.27. The number of non-ortho nitro benzene ring substituents is 1. The first-order valence-corrected chi connectivity index (χ1v) is 6.84. The zero-order chi connectivity index (χ0) is 17.5. The van der Waals surface area contributed by atoms with Gasteiger partial charge in [-0.3, -0.25) is 19.7 Å². The van der Waals surface area contributed by atoms with Crippen molar-refractivity contribution in [3.05, 3.63) is 58.1 Å². The van der Waals surface area contributed by atoms with Crippen LogP contribution in [0.2, 0.25) is 0 Å². The maximum Gasteiger partial charge on any atom is 0.271 e. The number of carbonyl (C=O) groups excluding carboxylic acids is 2. The fourth-order valence-corrected chi connectivity index (χ4v) is 1.92. The van der Waals surface area contributed by atoms with Crippen LogP contribution in [0, 0.1) is 10.1 Å². The van der Waals surface area contributed by atoms with Crippen molar-refractivity contribution in [2.24, 2.45) is 0 Å². The van der Waals surface area contributed by atoms with Gasteiger partial charge in [-0.25, -0.2) is 0 Å². The molecule has 0 aromatic heterocycles. The zero-order valence-corrected chi connectivity index (χ0v) is 12.7. The van der Waals surface area contributed by atoms with E-state index in [9.17, 15) is 19.7 Å². The smallest absolute Gasteiger partial charge is 0.271 e. The number of methoxy groups -OCH3 is 1. The summed E-state index contributed by atoms with van der Waals surface area (Å²) >= 11 is 0. The number of rotatable bonds is 7. The third-order valence-electron chi connectivity index (χ3n) is 3.02. The van der Waals surface area contributed by atoms with Crippen molar-refractivity contribution in [2.75, 3.05) is 19.0 Å². The number of hydrogen-bond donors (Lipinski definition) is 1. The highest BCUT2D eigenvalue weighted by atomic mass is 16.6. The first kappa shape index (κ1) is 16.9. The van der Waals surface area contributed by atoms with E-state index >= 15 is 0 Å². The van der Waals surface area contributed by atoms with Gasteiger partial charge in [0.1, 0.15) is 6.29 Å². The molecule has 0 unspecified atom stereocenters. The largest absolute Gasteiger partial charge is 0.493 e. The van der Waals surface area contributed by atoms with Crippen molar-refractivity contribution in [1.29, 1.82) is 0 Å². The molecular formula is C16H14N2O6. The minimum absolute atomic E-state index is 0.130. The van der Waals surface area contributed by atoms with Crippen molar-refractivity contribution in [3.8, 4) is 11.5 Å². The SMILES string of the molecule is COc1ccc(C=O)cc1OCC(=O)Nc1cccc([N+](=O)[O-])c1. The van der Waals surface area contributed by atoms with E-state index in [1.165, 1.54) is 37.4 Å². The van der Waals surface area contributed by atoms with Gasteiger partial charge in [0.25, 0.3) is 11.6 Å². The van der Waals surface area contributed by atoms with E-state index < -0.39 is 10.8 Å². The summed E-state index contributed by atoms with van der Waals surface area (Å²) in [6.07, 6.45) is 0.648. The van der Waals surface area contributed by atoms with Crippen molar-refractivity contribution < 1.29 is 24.0 Å². The zero-order valence-electron chi connectivity index (χ0n) is 12.7. The molecular weight excluding hydrogens is 316 g/mol. The lowest BCUT2D eigenvalue weighted by Gasteiger charge is -2.11. The predicted octanol–water partition coefficient (Wildman–Crippen LogP) is 2.43. The fraction of sp³-hybridized carbons (Fsp3) is 0.125. The minimum atomic E-state index is -0.554. The van der Waals surface area contributed by atoms with Crippen LogP contribution >= 0.6 is 0 Å². The van der Waals surface area contributed by atoms with Crippen molar-refractivity contribution in [3.63, 3.8) is 0 Å². The van der Waals surface area contributed by atoms with Gasteiger partial charge in [0, 0.05) is 23.4 Å². The van der Waals surface area contributed by atoms with Crippen LogP contribution in [0.3, 0.4) is 0 Å². The molecule has 1 amide bonds. The third-order valence-corrected chi connectivity index (χ3v) is 3.02. The Hall–Kier alpha value is -3.42. The van der Waals surface area contributed by atoms with Gasteiger partial charge in [0.2, 0.25) is 0 Å². The molecule has 0 aliphatic carbocycles. The molecule has 0 aliphatic heterocycles. The van der Waals surface area contributed by atoms with Crippen LogP contribution in [0.1, 0.15) is 10.4 Å². The molecule has 2 aromatic rings. The molecule has 1 N–H and O–H groups in total. The average Bonchev–Trinajstić information content (AvgIpc) is 2.59. The summed E-state index contributed by atoms with van der Waals surface area (Å²) in [5, 5.41) is 13.2. The Morgan fingerprint density at radius 3 is 2.71 bits per heavy atom. The van der Waals surface area contributed by atoms with Gasteiger partial charge >= 0.3 is 0 Å². The number of nitrogens with one attached hydrogen (secondary N) is 1. The number of benzene rings is 2. The van der Waals surface area contributed by atoms with Crippen LogP contribution < -0.4 is 14.8 Å². The Bertz CT molecular complexity index is 775. The minimum Gasteiger partial charge on any atom is -0.493 e. The number of nitro benzene ring substituents is 1. The molecule has 24 heavy (non-hydrogen) atoms. The highest BCUT2D eigenvalue weighted by Gasteiger charge is 2.11. The number of aldehydes is 1. The Morgan fingerprint density at radius 1 is 1.25 bits per heavy atom. The van der Waals surface area contributed by atoms with E-state index in [2.05, 4.69) is 5.32 Å². The molecule has 8 nitrogen and oxygen atoms in total.